The summed E-state index contributed by atoms with van der Waals surface area (Å²) in [6.07, 6.45) is 1.91. The topological polar surface area (TPSA) is 44.2 Å². The molecule has 1 aliphatic heterocycles. The normalized spacial score (nSPS) is 16.8. The maximum Gasteiger partial charge on any atom is 0.497 e. The molecule has 7 rings (SSSR count). The fourth-order valence-electron chi connectivity index (χ4n) is 5.46. The van der Waals surface area contributed by atoms with Crippen molar-refractivity contribution in [3.05, 3.63) is 91.1 Å². The molecule has 2 aromatic heterocycles. The molecule has 0 radical (unpaired) electrons. The Labute approximate surface area is 216 Å². The first kappa shape index (κ1) is 22.4. The van der Waals surface area contributed by atoms with E-state index in [2.05, 4.69) is 107 Å². The molecule has 180 valence electrons. The zero-order chi connectivity index (χ0) is 25.4. The van der Waals surface area contributed by atoms with E-state index in [0.717, 1.165) is 43.9 Å². The van der Waals surface area contributed by atoms with Crippen LogP contribution < -0.4 is 5.46 Å². The van der Waals surface area contributed by atoms with Gasteiger partial charge in [0, 0.05) is 33.2 Å². The Kier molecular flexibility index (Phi) is 4.75. The number of fused-ring (bicyclic) bond motifs is 6. The van der Waals surface area contributed by atoms with Crippen LogP contribution in [-0.2, 0) is 9.31 Å². The molecular weight excluding hydrogens is 455 g/mol. The first-order valence-corrected chi connectivity index (χ1v) is 12.8. The van der Waals surface area contributed by atoms with Gasteiger partial charge in [-0.1, -0.05) is 78.9 Å². The van der Waals surface area contributed by atoms with E-state index in [1.165, 1.54) is 16.2 Å². The third-order valence-corrected chi connectivity index (χ3v) is 8.15. The molecule has 4 aromatic carbocycles. The van der Waals surface area contributed by atoms with Gasteiger partial charge in [0.2, 0.25) is 0 Å². The second-order valence-electron chi connectivity index (χ2n) is 10.9. The van der Waals surface area contributed by atoms with Crippen molar-refractivity contribution in [2.75, 3.05) is 0 Å². The number of hydrogen-bond donors (Lipinski definition) is 0. The highest BCUT2D eigenvalue weighted by atomic mass is 16.7. The Morgan fingerprint density at radius 3 is 1.97 bits per heavy atom. The molecular formula is C32H27BN2O2. The van der Waals surface area contributed by atoms with Crippen LogP contribution in [0.1, 0.15) is 27.7 Å². The quantitative estimate of drug-likeness (QED) is 0.196. The summed E-state index contributed by atoms with van der Waals surface area (Å²) in [4.78, 5) is 10.2. The van der Waals surface area contributed by atoms with Gasteiger partial charge in [-0.3, -0.25) is 4.98 Å². The molecule has 37 heavy (non-hydrogen) atoms. The van der Waals surface area contributed by atoms with Crippen molar-refractivity contribution in [2.45, 2.75) is 38.9 Å². The number of hydrogen-bond acceptors (Lipinski definition) is 4. The lowest BCUT2D eigenvalue weighted by Gasteiger charge is -2.32. The van der Waals surface area contributed by atoms with Crippen molar-refractivity contribution in [1.29, 1.82) is 0 Å². The van der Waals surface area contributed by atoms with Crippen LogP contribution in [0, 0.1) is 0 Å². The number of pyridine rings is 2. The summed E-state index contributed by atoms with van der Waals surface area (Å²) in [6.45, 7) is 8.30. The molecule has 0 atom stereocenters. The number of para-hydroxylation sites is 1. The Morgan fingerprint density at radius 1 is 0.595 bits per heavy atom. The Morgan fingerprint density at radius 2 is 1.22 bits per heavy atom. The number of rotatable bonds is 2. The van der Waals surface area contributed by atoms with Gasteiger partial charge in [-0.25, -0.2) is 4.98 Å². The molecule has 0 N–H and O–H groups in total. The predicted octanol–water partition coefficient (Wildman–Crippen LogP) is 7.06. The number of aromatic nitrogens is 2. The highest BCUT2D eigenvalue weighted by Crippen LogP contribution is 2.40. The van der Waals surface area contributed by atoms with Crippen LogP contribution in [0.5, 0.6) is 0 Å². The molecule has 1 aliphatic rings. The van der Waals surface area contributed by atoms with Gasteiger partial charge in [-0.15, -0.1) is 0 Å². The third-order valence-electron chi connectivity index (χ3n) is 8.15. The van der Waals surface area contributed by atoms with E-state index in [-0.39, 0.29) is 0 Å². The van der Waals surface area contributed by atoms with Gasteiger partial charge in [0.15, 0.2) is 0 Å². The molecule has 3 heterocycles. The summed E-state index contributed by atoms with van der Waals surface area (Å²) < 4.78 is 12.8. The van der Waals surface area contributed by atoms with Gasteiger partial charge < -0.3 is 9.31 Å². The fraction of sp³-hybridized carbons (Fsp3) is 0.188. The summed E-state index contributed by atoms with van der Waals surface area (Å²) in [6, 6.07) is 29.6. The predicted molar refractivity (Wildman–Crippen MR) is 153 cm³/mol. The third kappa shape index (κ3) is 3.31. The van der Waals surface area contributed by atoms with Gasteiger partial charge in [-0.05, 0) is 49.9 Å². The van der Waals surface area contributed by atoms with Gasteiger partial charge in [0.1, 0.15) is 0 Å². The largest absolute Gasteiger partial charge is 0.497 e. The first-order valence-electron chi connectivity index (χ1n) is 12.8. The van der Waals surface area contributed by atoms with Crippen LogP contribution in [0.4, 0.5) is 0 Å². The molecule has 0 amide bonds. The van der Waals surface area contributed by atoms with Crippen molar-refractivity contribution in [3.63, 3.8) is 0 Å². The van der Waals surface area contributed by atoms with Gasteiger partial charge >= 0.3 is 7.12 Å². The van der Waals surface area contributed by atoms with Crippen LogP contribution in [0.2, 0.25) is 0 Å². The maximum absolute atomic E-state index is 6.40. The van der Waals surface area contributed by atoms with E-state index in [4.69, 9.17) is 19.3 Å². The second-order valence-corrected chi connectivity index (χ2v) is 10.9. The molecule has 0 aliphatic carbocycles. The Bertz CT molecular complexity index is 1830. The number of nitrogens with zero attached hydrogens (tertiary/aromatic N) is 2. The van der Waals surface area contributed by atoms with E-state index in [0.29, 0.717) is 0 Å². The minimum atomic E-state index is -0.485. The van der Waals surface area contributed by atoms with E-state index in [1.807, 2.05) is 12.3 Å². The summed E-state index contributed by atoms with van der Waals surface area (Å²) >= 11 is 0. The zero-order valence-electron chi connectivity index (χ0n) is 21.4. The fourth-order valence-corrected chi connectivity index (χ4v) is 5.46. The average Bonchev–Trinajstić information content (AvgIpc) is 3.13. The Hall–Kier alpha value is -3.80. The van der Waals surface area contributed by atoms with Gasteiger partial charge in [-0.2, -0.15) is 0 Å². The minimum Gasteiger partial charge on any atom is -0.399 e. The smallest absolute Gasteiger partial charge is 0.399 e. The van der Waals surface area contributed by atoms with Crippen LogP contribution >= 0.6 is 0 Å². The Balaban J connectivity index is 1.52. The van der Waals surface area contributed by atoms with Crippen LogP contribution in [0.25, 0.3) is 54.6 Å². The molecule has 0 spiro atoms. The standard InChI is InChI=1S/C32H27BN2O2/c1-31(2)32(3,4)37-33(36-31)26-19-34-29(23-14-8-7-13-22(23)26)30-25-18-17-20-11-5-6-12-21(20)28(25)24-15-9-10-16-27(24)35-30/h5-19H,1-4H3. The average molecular weight is 482 g/mol. The molecule has 4 nitrogen and oxygen atoms in total. The van der Waals surface area contributed by atoms with E-state index in [9.17, 15) is 0 Å². The lowest BCUT2D eigenvalue weighted by molar-refractivity contribution is 0.00578. The summed E-state index contributed by atoms with van der Waals surface area (Å²) in [5.41, 5.74) is 2.80. The molecule has 0 unspecified atom stereocenters. The molecule has 0 saturated carbocycles. The molecule has 1 fully saturated rings. The zero-order valence-corrected chi connectivity index (χ0v) is 21.4. The van der Waals surface area contributed by atoms with E-state index < -0.39 is 18.3 Å². The lowest BCUT2D eigenvalue weighted by atomic mass is 9.77. The highest BCUT2D eigenvalue weighted by molar-refractivity contribution is 6.65. The van der Waals surface area contributed by atoms with Gasteiger partial charge in [0.25, 0.3) is 0 Å². The van der Waals surface area contributed by atoms with Crippen molar-refractivity contribution in [3.8, 4) is 11.4 Å². The first-order chi connectivity index (χ1) is 17.8. The van der Waals surface area contributed by atoms with Crippen molar-refractivity contribution in [2.24, 2.45) is 0 Å². The van der Waals surface area contributed by atoms with Crippen molar-refractivity contribution >= 4 is 55.8 Å². The monoisotopic (exact) mass is 482 g/mol. The SMILES string of the molecule is CC1(C)OB(c2cnc(-c3nc4ccccc4c4c3ccc3ccccc34)c3ccccc23)OC1(C)C. The minimum absolute atomic E-state index is 0.422. The highest BCUT2D eigenvalue weighted by Gasteiger charge is 2.52. The van der Waals surface area contributed by atoms with E-state index in [1.54, 1.807) is 0 Å². The summed E-state index contributed by atoms with van der Waals surface area (Å²) in [5, 5.41) is 7.99. The van der Waals surface area contributed by atoms with Crippen LogP contribution in [0.3, 0.4) is 0 Å². The summed E-state index contributed by atoms with van der Waals surface area (Å²) in [7, 11) is -0.485. The van der Waals surface area contributed by atoms with Crippen molar-refractivity contribution < 1.29 is 9.31 Å². The molecule has 6 aromatic rings. The van der Waals surface area contributed by atoms with E-state index >= 15 is 0 Å². The van der Waals surface area contributed by atoms with Gasteiger partial charge in [0.05, 0.1) is 28.1 Å². The second kappa shape index (κ2) is 7.85. The molecule has 0 bridgehead atoms. The molecule has 5 heteroatoms. The molecule has 1 saturated heterocycles. The van der Waals surface area contributed by atoms with Crippen LogP contribution in [-0.4, -0.2) is 28.3 Å². The maximum atomic E-state index is 6.40. The lowest BCUT2D eigenvalue weighted by Crippen LogP contribution is -2.41. The van der Waals surface area contributed by atoms with Crippen LogP contribution in [0.15, 0.2) is 91.1 Å². The summed E-state index contributed by atoms with van der Waals surface area (Å²) in [5.74, 6) is 0. The van der Waals surface area contributed by atoms with Crippen molar-refractivity contribution in [1.82, 2.24) is 9.97 Å². The number of benzene rings is 4.